The zero-order chi connectivity index (χ0) is 7.72. The highest BCUT2D eigenvalue weighted by molar-refractivity contribution is 5.41. The minimum absolute atomic E-state index is 0.230. The average Bonchev–Trinajstić information content (AvgIpc) is 2.14. The highest BCUT2D eigenvalue weighted by Gasteiger charge is 2.12. The maximum atomic E-state index is 5.76. The summed E-state index contributed by atoms with van der Waals surface area (Å²) in [6.45, 7) is 6.34. The van der Waals surface area contributed by atoms with Gasteiger partial charge in [-0.1, -0.05) is 11.6 Å². The Labute approximate surface area is 62.6 Å². The summed E-state index contributed by atoms with van der Waals surface area (Å²) in [4.78, 5) is 0. The maximum absolute atomic E-state index is 5.76. The molecule has 1 aliphatic carbocycles. The molecule has 1 atom stereocenters. The van der Waals surface area contributed by atoms with Gasteiger partial charge in [-0.25, -0.2) is 0 Å². The van der Waals surface area contributed by atoms with Crippen molar-refractivity contribution in [2.75, 3.05) is 0 Å². The van der Waals surface area contributed by atoms with E-state index < -0.39 is 0 Å². The molecule has 1 aliphatic rings. The van der Waals surface area contributed by atoms with Crippen LogP contribution in [0.1, 0.15) is 27.2 Å². The van der Waals surface area contributed by atoms with Crippen molar-refractivity contribution in [3.63, 3.8) is 0 Å². The van der Waals surface area contributed by atoms with Crippen molar-refractivity contribution in [1.29, 1.82) is 0 Å². The molecule has 1 rings (SSSR count). The van der Waals surface area contributed by atoms with Gasteiger partial charge in [0.05, 0.1) is 0 Å². The number of hydrogen-bond acceptors (Lipinski definition) is 1. The molecular formula is C9H15N. The molecule has 0 saturated heterocycles. The second-order valence-corrected chi connectivity index (χ2v) is 3.03. The van der Waals surface area contributed by atoms with Crippen LogP contribution in [0.3, 0.4) is 0 Å². The van der Waals surface area contributed by atoms with E-state index in [9.17, 15) is 0 Å². The Bertz CT molecular complexity index is 197. The zero-order valence-corrected chi connectivity index (χ0v) is 6.94. The summed E-state index contributed by atoms with van der Waals surface area (Å²) in [5.41, 5.74) is 9.95. The standard InChI is InChI=1S/C9H15N/c1-6-4-5-9(7(6)2)8(3)10/h4,8H,5,10H2,1-3H3. The first-order chi connectivity index (χ1) is 4.63. The van der Waals surface area contributed by atoms with Gasteiger partial charge in [-0.3, -0.25) is 0 Å². The first-order valence-corrected chi connectivity index (χ1v) is 3.75. The van der Waals surface area contributed by atoms with Crippen molar-refractivity contribution in [3.05, 3.63) is 22.8 Å². The minimum Gasteiger partial charge on any atom is -0.324 e. The fraction of sp³-hybridized carbons (Fsp3) is 0.556. The third-order valence-electron chi connectivity index (χ3n) is 2.25. The molecule has 0 heterocycles. The molecule has 0 radical (unpaired) electrons. The summed E-state index contributed by atoms with van der Waals surface area (Å²) >= 11 is 0. The number of allylic oxidation sites excluding steroid dienone is 3. The zero-order valence-electron chi connectivity index (χ0n) is 6.94. The molecule has 0 aromatic carbocycles. The Balaban J connectivity index is 2.84. The van der Waals surface area contributed by atoms with Crippen LogP contribution >= 0.6 is 0 Å². The fourth-order valence-electron chi connectivity index (χ4n) is 1.35. The van der Waals surface area contributed by atoms with Crippen LogP contribution in [0, 0.1) is 0 Å². The summed E-state index contributed by atoms with van der Waals surface area (Å²) in [6.07, 6.45) is 3.31. The molecule has 0 saturated carbocycles. The molecule has 2 N–H and O–H groups in total. The molecule has 10 heavy (non-hydrogen) atoms. The van der Waals surface area contributed by atoms with Gasteiger partial charge < -0.3 is 5.73 Å². The van der Waals surface area contributed by atoms with E-state index in [4.69, 9.17) is 5.73 Å². The molecule has 1 heteroatoms. The second-order valence-electron chi connectivity index (χ2n) is 3.03. The van der Waals surface area contributed by atoms with Crippen LogP contribution in [0.4, 0.5) is 0 Å². The van der Waals surface area contributed by atoms with Crippen LogP contribution in [0.25, 0.3) is 0 Å². The number of nitrogens with two attached hydrogens (primary N) is 1. The van der Waals surface area contributed by atoms with Crippen LogP contribution in [-0.4, -0.2) is 6.04 Å². The Morgan fingerprint density at radius 2 is 2.10 bits per heavy atom. The molecular weight excluding hydrogens is 122 g/mol. The average molecular weight is 137 g/mol. The van der Waals surface area contributed by atoms with E-state index in [1.165, 1.54) is 16.7 Å². The first-order valence-electron chi connectivity index (χ1n) is 3.75. The van der Waals surface area contributed by atoms with Gasteiger partial charge in [-0.15, -0.1) is 0 Å². The van der Waals surface area contributed by atoms with E-state index in [1.54, 1.807) is 0 Å². The molecule has 1 unspecified atom stereocenters. The molecule has 0 bridgehead atoms. The Morgan fingerprint density at radius 1 is 1.50 bits per heavy atom. The molecule has 1 nitrogen and oxygen atoms in total. The van der Waals surface area contributed by atoms with E-state index in [0.717, 1.165) is 6.42 Å². The van der Waals surface area contributed by atoms with E-state index in [-0.39, 0.29) is 6.04 Å². The van der Waals surface area contributed by atoms with Crippen molar-refractivity contribution in [2.45, 2.75) is 33.2 Å². The minimum atomic E-state index is 0.230. The first kappa shape index (κ1) is 7.55. The second kappa shape index (κ2) is 2.59. The van der Waals surface area contributed by atoms with E-state index in [0.29, 0.717) is 0 Å². The molecule has 56 valence electrons. The maximum Gasteiger partial charge on any atom is 0.0233 e. The van der Waals surface area contributed by atoms with Crippen molar-refractivity contribution in [3.8, 4) is 0 Å². The summed E-state index contributed by atoms with van der Waals surface area (Å²) in [6, 6.07) is 0.230. The lowest BCUT2D eigenvalue weighted by Gasteiger charge is -2.07. The Kier molecular flexibility index (Phi) is 1.95. The van der Waals surface area contributed by atoms with Crippen LogP contribution in [0.5, 0.6) is 0 Å². The van der Waals surface area contributed by atoms with Gasteiger partial charge in [0.15, 0.2) is 0 Å². The van der Waals surface area contributed by atoms with E-state index in [1.807, 2.05) is 6.92 Å². The molecule has 0 fully saturated rings. The largest absolute Gasteiger partial charge is 0.324 e. The lowest BCUT2D eigenvalue weighted by Crippen LogP contribution is -2.17. The van der Waals surface area contributed by atoms with Gasteiger partial charge in [0.25, 0.3) is 0 Å². The normalized spacial score (nSPS) is 21.4. The summed E-state index contributed by atoms with van der Waals surface area (Å²) in [5, 5.41) is 0. The van der Waals surface area contributed by atoms with Gasteiger partial charge in [0.2, 0.25) is 0 Å². The highest BCUT2D eigenvalue weighted by Crippen LogP contribution is 2.26. The smallest absolute Gasteiger partial charge is 0.0233 e. The predicted octanol–water partition coefficient (Wildman–Crippen LogP) is 2.00. The topological polar surface area (TPSA) is 26.0 Å². The molecule has 0 aromatic heterocycles. The fourth-order valence-corrected chi connectivity index (χ4v) is 1.35. The lowest BCUT2D eigenvalue weighted by atomic mass is 10.0. The number of rotatable bonds is 1. The van der Waals surface area contributed by atoms with Crippen LogP contribution in [0.2, 0.25) is 0 Å². The summed E-state index contributed by atoms with van der Waals surface area (Å²) in [5.74, 6) is 0. The lowest BCUT2D eigenvalue weighted by molar-refractivity contribution is 0.832. The Morgan fingerprint density at radius 3 is 2.30 bits per heavy atom. The predicted molar refractivity (Wildman–Crippen MR) is 44.7 cm³/mol. The SMILES string of the molecule is CC1=CCC(C(C)N)=C1C. The summed E-state index contributed by atoms with van der Waals surface area (Å²) < 4.78 is 0. The third kappa shape index (κ3) is 1.14. The van der Waals surface area contributed by atoms with Crippen molar-refractivity contribution in [2.24, 2.45) is 5.73 Å². The monoisotopic (exact) mass is 137 g/mol. The van der Waals surface area contributed by atoms with E-state index in [2.05, 4.69) is 19.9 Å². The molecule has 0 amide bonds. The van der Waals surface area contributed by atoms with Crippen molar-refractivity contribution < 1.29 is 0 Å². The molecule has 0 spiro atoms. The van der Waals surface area contributed by atoms with E-state index >= 15 is 0 Å². The van der Waals surface area contributed by atoms with Gasteiger partial charge in [0.1, 0.15) is 0 Å². The van der Waals surface area contributed by atoms with Gasteiger partial charge in [-0.2, -0.15) is 0 Å². The van der Waals surface area contributed by atoms with Gasteiger partial charge in [-0.05, 0) is 38.3 Å². The van der Waals surface area contributed by atoms with Crippen LogP contribution in [0.15, 0.2) is 22.8 Å². The quantitative estimate of drug-likeness (QED) is 0.587. The van der Waals surface area contributed by atoms with Crippen LogP contribution < -0.4 is 5.73 Å². The third-order valence-corrected chi connectivity index (χ3v) is 2.25. The summed E-state index contributed by atoms with van der Waals surface area (Å²) in [7, 11) is 0. The number of hydrogen-bond donors (Lipinski definition) is 1. The van der Waals surface area contributed by atoms with Gasteiger partial charge in [0, 0.05) is 6.04 Å². The highest BCUT2D eigenvalue weighted by atomic mass is 14.6. The van der Waals surface area contributed by atoms with Crippen molar-refractivity contribution >= 4 is 0 Å². The molecule has 0 aromatic rings. The van der Waals surface area contributed by atoms with Crippen LogP contribution in [-0.2, 0) is 0 Å². The molecule has 0 aliphatic heterocycles. The Hall–Kier alpha value is -0.560. The van der Waals surface area contributed by atoms with Gasteiger partial charge >= 0.3 is 0 Å². The van der Waals surface area contributed by atoms with Crippen molar-refractivity contribution in [1.82, 2.24) is 0 Å².